The number of ether oxygens (including phenoxy) is 2. The quantitative estimate of drug-likeness (QED) is 0.939. The van der Waals surface area contributed by atoms with Crippen LogP contribution < -0.4 is 14.8 Å². The first-order chi connectivity index (χ1) is 9.85. The van der Waals surface area contributed by atoms with E-state index in [1.807, 2.05) is 29.6 Å². The summed E-state index contributed by atoms with van der Waals surface area (Å²) in [5.41, 5.74) is 1.89. The fourth-order valence-corrected chi connectivity index (χ4v) is 2.84. The Morgan fingerprint density at radius 1 is 1.15 bits per heavy atom. The first-order valence-corrected chi connectivity index (χ1v) is 7.30. The van der Waals surface area contributed by atoms with Gasteiger partial charge in [0.15, 0.2) is 11.5 Å². The van der Waals surface area contributed by atoms with Crippen LogP contribution in [0, 0.1) is 11.3 Å². The van der Waals surface area contributed by atoms with Gasteiger partial charge in [-0.25, -0.2) is 0 Å². The molecule has 5 heteroatoms. The monoisotopic (exact) mass is 286 g/mol. The lowest BCUT2D eigenvalue weighted by molar-refractivity contribution is 0.171. The van der Waals surface area contributed by atoms with E-state index in [0.717, 1.165) is 35.7 Å². The Morgan fingerprint density at radius 3 is 2.80 bits per heavy atom. The molecule has 0 atom stereocenters. The first kappa shape index (κ1) is 13.0. The lowest BCUT2D eigenvalue weighted by atomic mass is 10.2. The van der Waals surface area contributed by atoms with Crippen LogP contribution in [0.3, 0.4) is 0 Å². The number of thiophene rings is 1. The zero-order valence-electron chi connectivity index (χ0n) is 10.9. The predicted octanol–water partition coefficient (Wildman–Crippen LogP) is 2.68. The molecule has 0 aliphatic carbocycles. The summed E-state index contributed by atoms with van der Waals surface area (Å²) in [6.45, 7) is 2.75. The summed E-state index contributed by atoms with van der Waals surface area (Å²) < 4.78 is 11.1. The van der Waals surface area contributed by atoms with Gasteiger partial charge in [0.25, 0.3) is 0 Å². The van der Waals surface area contributed by atoms with Gasteiger partial charge < -0.3 is 14.8 Å². The Bertz CT molecular complexity index is 646. The van der Waals surface area contributed by atoms with E-state index in [4.69, 9.17) is 14.7 Å². The highest BCUT2D eigenvalue weighted by Gasteiger charge is 2.11. The van der Waals surface area contributed by atoms with Crippen LogP contribution in [-0.2, 0) is 13.1 Å². The van der Waals surface area contributed by atoms with E-state index in [-0.39, 0.29) is 0 Å². The zero-order valence-corrected chi connectivity index (χ0v) is 11.7. The number of fused-ring (bicyclic) bond motifs is 1. The molecule has 0 radical (unpaired) electrons. The number of hydrogen-bond acceptors (Lipinski definition) is 5. The maximum absolute atomic E-state index is 8.78. The van der Waals surface area contributed by atoms with Gasteiger partial charge in [-0.05, 0) is 23.8 Å². The SMILES string of the molecule is N#Cc1csc(CNCc2ccc3c(c2)OCCO3)c1. The van der Waals surface area contributed by atoms with Gasteiger partial charge in [-0.2, -0.15) is 5.26 Å². The molecule has 1 N–H and O–H groups in total. The van der Waals surface area contributed by atoms with E-state index in [1.165, 1.54) is 4.88 Å². The molecule has 3 rings (SSSR count). The lowest BCUT2D eigenvalue weighted by Gasteiger charge is -2.18. The first-order valence-electron chi connectivity index (χ1n) is 6.42. The summed E-state index contributed by atoms with van der Waals surface area (Å²) in [6.07, 6.45) is 0. The Balaban J connectivity index is 1.57. The third-order valence-corrected chi connectivity index (χ3v) is 3.95. The molecular weight excluding hydrogens is 272 g/mol. The number of rotatable bonds is 4. The lowest BCUT2D eigenvalue weighted by Crippen LogP contribution is -2.16. The molecule has 0 spiro atoms. The smallest absolute Gasteiger partial charge is 0.161 e. The van der Waals surface area contributed by atoms with Crippen molar-refractivity contribution >= 4 is 11.3 Å². The van der Waals surface area contributed by atoms with Crippen molar-refractivity contribution in [2.75, 3.05) is 13.2 Å². The molecule has 0 saturated carbocycles. The number of hydrogen-bond donors (Lipinski definition) is 1. The van der Waals surface area contributed by atoms with Crippen LogP contribution in [-0.4, -0.2) is 13.2 Å². The van der Waals surface area contributed by atoms with Gasteiger partial charge in [-0.3, -0.25) is 0 Å². The van der Waals surface area contributed by atoms with Crippen molar-refractivity contribution in [3.63, 3.8) is 0 Å². The van der Waals surface area contributed by atoms with E-state index >= 15 is 0 Å². The molecule has 102 valence electrons. The van der Waals surface area contributed by atoms with E-state index in [9.17, 15) is 0 Å². The highest BCUT2D eigenvalue weighted by atomic mass is 32.1. The Kier molecular flexibility index (Phi) is 3.86. The number of nitriles is 1. The van der Waals surface area contributed by atoms with Crippen molar-refractivity contribution in [1.29, 1.82) is 5.26 Å². The van der Waals surface area contributed by atoms with Gasteiger partial charge >= 0.3 is 0 Å². The predicted molar refractivity (Wildman–Crippen MR) is 77.0 cm³/mol. The molecular formula is C15H14N2O2S. The van der Waals surface area contributed by atoms with Crippen molar-refractivity contribution in [1.82, 2.24) is 5.32 Å². The minimum atomic E-state index is 0.607. The number of nitrogens with zero attached hydrogens (tertiary/aromatic N) is 1. The molecule has 2 heterocycles. The molecule has 0 amide bonds. The molecule has 1 aliphatic rings. The maximum atomic E-state index is 8.78. The van der Waals surface area contributed by atoms with Crippen molar-refractivity contribution in [3.8, 4) is 17.6 Å². The molecule has 0 bridgehead atoms. The van der Waals surface area contributed by atoms with Gasteiger partial charge in [-0.15, -0.1) is 11.3 Å². The summed E-state index contributed by atoms with van der Waals surface area (Å²) in [5.74, 6) is 1.63. The molecule has 1 aromatic heterocycles. The molecule has 1 aliphatic heterocycles. The molecule has 0 saturated heterocycles. The van der Waals surface area contributed by atoms with Crippen LogP contribution in [0.4, 0.5) is 0 Å². The van der Waals surface area contributed by atoms with Crippen LogP contribution in [0.1, 0.15) is 16.0 Å². The third kappa shape index (κ3) is 2.93. The molecule has 0 unspecified atom stereocenters. The average molecular weight is 286 g/mol. The normalized spacial score (nSPS) is 12.9. The molecule has 0 fully saturated rings. The minimum Gasteiger partial charge on any atom is -0.486 e. The molecule has 2 aromatic rings. The second-order valence-electron chi connectivity index (χ2n) is 4.50. The topological polar surface area (TPSA) is 54.3 Å². The molecule has 4 nitrogen and oxygen atoms in total. The second kappa shape index (κ2) is 5.95. The fraction of sp³-hybridized carbons (Fsp3) is 0.267. The van der Waals surface area contributed by atoms with Crippen LogP contribution in [0.25, 0.3) is 0 Å². The Hall–Kier alpha value is -2.03. The van der Waals surface area contributed by atoms with Crippen molar-refractivity contribution in [3.05, 3.63) is 45.6 Å². The average Bonchev–Trinajstić information content (AvgIpc) is 2.95. The highest BCUT2D eigenvalue weighted by molar-refractivity contribution is 7.10. The van der Waals surface area contributed by atoms with Gasteiger partial charge in [0.1, 0.15) is 19.3 Å². The fourth-order valence-electron chi connectivity index (χ4n) is 2.06. The Morgan fingerprint density at radius 2 is 2.00 bits per heavy atom. The van der Waals surface area contributed by atoms with Crippen LogP contribution >= 0.6 is 11.3 Å². The van der Waals surface area contributed by atoms with E-state index in [0.29, 0.717) is 13.2 Å². The maximum Gasteiger partial charge on any atom is 0.161 e. The summed E-state index contributed by atoms with van der Waals surface area (Å²) in [7, 11) is 0. The summed E-state index contributed by atoms with van der Waals surface area (Å²) in [5, 5.41) is 14.0. The van der Waals surface area contributed by atoms with Gasteiger partial charge in [0.2, 0.25) is 0 Å². The zero-order chi connectivity index (χ0) is 13.8. The molecule has 1 aromatic carbocycles. The third-order valence-electron chi connectivity index (χ3n) is 3.02. The van der Waals surface area contributed by atoms with E-state index < -0.39 is 0 Å². The summed E-state index contributed by atoms with van der Waals surface area (Å²) >= 11 is 1.60. The van der Waals surface area contributed by atoms with Gasteiger partial charge in [0, 0.05) is 23.3 Å². The molecule has 20 heavy (non-hydrogen) atoms. The van der Waals surface area contributed by atoms with Crippen molar-refractivity contribution in [2.45, 2.75) is 13.1 Å². The largest absolute Gasteiger partial charge is 0.486 e. The van der Waals surface area contributed by atoms with Gasteiger partial charge in [0.05, 0.1) is 5.56 Å². The van der Waals surface area contributed by atoms with E-state index in [1.54, 1.807) is 11.3 Å². The number of nitrogens with one attached hydrogen (secondary N) is 1. The Labute approximate surface area is 121 Å². The standard InChI is InChI=1S/C15H14N2O2S/c16-7-12-5-13(20-10-12)9-17-8-11-1-2-14-15(6-11)19-4-3-18-14/h1-2,5-6,10,17H,3-4,8-9H2. The van der Waals surface area contributed by atoms with Crippen LogP contribution in [0.15, 0.2) is 29.6 Å². The second-order valence-corrected chi connectivity index (χ2v) is 5.49. The summed E-state index contributed by atoms with van der Waals surface area (Å²) in [4.78, 5) is 1.17. The van der Waals surface area contributed by atoms with Gasteiger partial charge in [-0.1, -0.05) is 6.07 Å². The van der Waals surface area contributed by atoms with E-state index in [2.05, 4.69) is 11.4 Å². The van der Waals surface area contributed by atoms with Crippen LogP contribution in [0.5, 0.6) is 11.5 Å². The minimum absolute atomic E-state index is 0.607. The number of benzene rings is 1. The van der Waals surface area contributed by atoms with Crippen molar-refractivity contribution < 1.29 is 9.47 Å². The summed E-state index contributed by atoms with van der Waals surface area (Å²) in [6, 6.07) is 10.1. The van der Waals surface area contributed by atoms with Crippen molar-refractivity contribution in [2.24, 2.45) is 0 Å². The highest BCUT2D eigenvalue weighted by Crippen LogP contribution is 2.30. The van der Waals surface area contributed by atoms with Crippen LogP contribution in [0.2, 0.25) is 0 Å².